The minimum Gasteiger partial charge on any atom is -0.377 e. The average molecular weight is 306 g/mol. The molecule has 90 valence electrons. The molecule has 0 atom stereocenters. The van der Waals surface area contributed by atoms with Crippen molar-refractivity contribution in [2.24, 2.45) is 0 Å². The number of hydrogen-bond acceptors (Lipinski definition) is 3. The van der Waals surface area contributed by atoms with E-state index in [1.165, 1.54) is 0 Å². The van der Waals surface area contributed by atoms with Crippen LogP contribution in [0.3, 0.4) is 0 Å². The minimum atomic E-state index is -0.468. The topological polar surface area (TPSA) is 48.7 Å². The van der Waals surface area contributed by atoms with E-state index in [0.29, 0.717) is 12.2 Å². The molecule has 0 aliphatic rings. The van der Waals surface area contributed by atoms with E-state index in [1.54, 1.807) is 18.3 Å². The number of anilines is 1. The first-order valence-electron chi connectivity index (χ1n) is 5.24. The van der Waals surface area contributed by atoms with Crippen LogP contribution >= 0.6 is 15.9 Å². The fraction of sp³-hybridized carbons (Fsp3) is 0.0769. The largest absolute Gasteiger partial charge is 0.377 e. The average Bonchev–Trinajstić information content (AvgIpc) is 2.42. The molecular formula is C13H9BrFN3. The summed E-state index contributed by atoms with van der Waals surface area (Å²) in [4.78, 5) is 4.13. The van der Waals surface area contributed by atoms with Gasteiger partial charge in [0.2, 0.25) is 0 Å². The van der Waals surface area contributed by atoms with Crippen molar-refractivity contribution in [1.82, 2.24) is 4.98 Å². The number of benzene rings is 1. The summed E-state index contributed by atoms with van der Waals surface area (Å²) in [7, 11) is 0. The molecule has 0 unspecified atom stereocenters. The molecule has 1 aromatic heterocycles. The van der Waals surface area contributed by atoms with Crippen molar-refractivity contribution in [2.45, 2.75) is 6.54 Å². The lowest BCUT2D eigenvalue weighted by Crippen LogP contribution is -2.03. The summed E-state index contributed by atoms with van der Waals surface area (Å²) in [6, 6.07) is 10.6. The lowest BCUT2D eigenvalue weighted by molar-refractivity contribution is 0.623. The van der Waals surface area contributed by atoms with Gasteiger partial charge in [0.05, 0.1) is 28.0 Å². The number of halogens is 2. The third-order valence-electron chi connectivity index (χ3n) is 2.39. The molecule has 0 amide bonds. The zero-order chi connectivity index (χ0) is 13.0. The summed E-state index contributed by atoms with van der Waals surface area (Å²) in [5.74, 6) is -0.468. The molecule has 3 nitrogen and oxygen atoms in total. The summed E-state index contributed by atoms with van der Waals surface area (Å²) in [5, 5.41) is 11.7. The molecule has 0 saturated carbocycles. The first-order valence-corrected chi connectivity index (χ1v) is 6.03. The Morgan fingerprint density at radius 3 is 2.83 bits per heavy atom. The fourth-order valence-electron chi connectivity index (χ4n) is 1.46. The molecule has 0 radical (unpaired) electrons. The van der Waals surface area contributed by atoms with Crippen LogP contribution in [0.15, 0.2) is 41.0 Å². The van der Waals surface area contributed by atoms with Crippen molar-refractivity contribution < 1.29 is 4.39 Å². The fourth-order valence-corrected chi connectivity index (χ4v) is 1.90. The Labute approximate surface area is 112 Å². The van der Waals surface area contributed by atoms with E-state index >= 15 is 0 Å². The maximum absolute atomic E-state index is 13.9. The van der Waals surface area contributed by atoms with Gasteiger partial charge >= 0.3 is 0 Å². The van der Waals surface area contributed by atoms with Crippen LogP contribution in [0.25, 0.3) is 0 Å². The molecule has 0 saturated heterocycles. The number of nitrogens with zero attached hydrogens (tertiary/aromatic N) is 2. The molecular weight excluding hydrogens is 297 g/mol. The van der Waals surface area contributed by atoms with Crippen LogP contribution in [0, 0.1) is 17.1 Å². The normalized spacial score (nSPS) is 9.83. The summed E-state index contributed by atoms with van der Waals surface area (Å²) < 4.78 is 14.0. The van der Waals surface area contributed by atoms with Gasteiger partial charge in [-0.3, -0.25) is 4.98 Å². The summed E-state index contributed by atoms with van der Waals surface area (Å²) in [6.07, 6.45) is 1.68. The molecule has 1 aromatic carbocycles. The van der Waals surface area contributed by atoms with Gasteiger partial charge in [-0.25, -0.2) is 4.39 Å². The van der Waals surface area contributed by atoms with E-state index in [2.05, 4.69) is 26.2 Å². The molecule has 18 heavy (non-hydrogen) atoms. The Kier molecular flexibility index (Phi) is 3.90. The van der Waals surface area contributed by atoms with E-state index in [0.717, 1.165) is 5.69 Å². The van der Waals surface area contributed by atoms with Gasteiger partial charge in [0.1, 0.15) is 6.07 Å². The molecule has 2 aromatic rings. The number of nitrogens with one attached hydrogen (secondary N) is 1. The maximum Gasteiger partial charge on any atom is 0.161 e. The van der Waals surface area contributed by atoms with Gasteiger partial charge in [0.15, 0.2) is 5.82 Å². The van der Waals surface area contributed by atoms with Crippen molar-refractivity contribution >= 4 is 21.6 Å². The summed E-state index contributed by atoms with van der Waals surface area (Å²) in [6.45, 7) is 0.427. The third-order valence-corrected chi connectivity index (χ3v) is 3.16. The van der Waals surface area contributed by atoms with Gasteiger partial charge < -0.3 is 5.32 Å². The molecule has 1 N–H and O–H groups in total. The zero-order valence-corrected chi connectivity index (χ0v) is 10.9. The first-order chi connectivity index (χ1) is 8.72. The Bertz CT molecular complexity index is 593. The Balaban J connectivity index is 2.16. The van der Waals surface area contributed by atoms with Crippen LogP contribution < -0.4 is 5.32 Å². The standard InChI is InChI=1S/C13H9BrFN3/c14-12-9(7-16)4-5-11(13(12)15)18-8-10-3-1-2-6-17-10/h1-6,18H,8H2. The zero-order valence-electron chi connectivity index (χ0n) is 9.32. The van der Waals surface area contributed by atoms with Crippen molar-refractivity contribution in [2.75, 3.05) is 5.32 Å². The Morgan fingerprint density at radius 1 is 1.33 bits per heavy atom. The number of nitriles is 1. The number of pyridine rings is 1. The van der Waals surface area contributed by atoms with Crippen molar-refractivity contribution in [3.05, 3.63) is 58.1 Å². The van der Waals surface area contributed by atoms with E-state index in [4.69, 9.17) is 5.26 Å². The second-order valence-corrected chi connectivity index (χ2v) is 4.37. The van der Waals surface area contributed by atoms with E-state index in [1.807, 2.05) is 24.3 Å². The smallest absolute Gasteiger partial charge is 0.161 e. The molecule has 1 heterocycles. The van der Waals surface area contributed by atoms with Gasteiger partial charge in [0, 0.05) is 6.20 Å². The second-order valence-electron chi connectivity index (χ2n) is 3.58. The molecule has 5 heteroatoms. The molecule has 0 fully saturated rings. The number of aromatic nitrogens is 1. The van der Waals surface area contributed by atoms with Crippen molar-refractivity contribution in [3.8, 4) is 6.07 Å². The third kappa shape index (κ3) is 2.66. The Hall–Kier alpha value is -1.93. The number of hydrogen-bond donors (Lipinski definition) is 1. The van der Waals surface area contributed by atoms with Gasteiger partial charge in [-0.15, -0.1) is 0 Å². The Morgan fingerprint density at radius 2 is 2.17 bits per heavy atom. The molecule has 2 rings (SSSR count). The van der Waals surface area contributed by atoms with E-state index in [-0.39, 0.29) is 10.0 Å². The van der Waals surface area contributed by atoms with Crippen molar-refractivity contribution in [1.29, 1.82) is 5.26 Å². The van der Waals surface area contributed by atoms with E-state index < -0.39 is 5.82 Å². The SMILES string of the molecule is N#Cc1ccc(NCc2ccccn2)c(F)c1Br. The minimum absolute atomic E-state index is 0.177. The predicted molar refractivity (Wildman–Crippen MR) is 70.4 cm³/mol. The molecule has 0 bridgehead atoms. The highest BCUT2D eigenvalue weighted by atomic mass is 79.9. The summed E-state index contributed by atoms with van der Waals surface area (Å²) in [5.41, 5.74) is 1.43. The van der Waals surface area contributed by atoms with Gasteiger partial charge in [0.25, 0.3) is 0 Å². The van der Waals surface area contributed by atoms with Crippen molar-refractivity contribution in [3.63, 3.8) is 0 Å². The van der Waals surface area contributed by atoms with Gasteiger partial charge in [-0.2, -0.15) is 5.26 Å². The number of rotatable bonds is 3. The molecule has 0 spiro atoms. The van der Waals surface area contributed by atoms with Gasteiger partial charge in [-0.1, -0.05) is 6.07 Å². The highest BCUT2D eigenvalue weighted by Crippen LogP contribution is 2.26. The maximum atomic E-state index is 13.9. The predicted octanol–water partition coefficient (Wildman–Crippen LogP) is 3.47. The summed E-state index contributed by atoms with van der Waals surface area (Å²) >= 11 is 3.06. The monoisotopic (exact) mass is 305 g/mol. The lowest BCUT2D eigenvalue weighted by atomic mass is 10.2. The molecule has 0 aliphatic heterocycles. The highest BCUT2D eigenvalue weighted by Gasteiger charge is 2.10. The van der Waals surface area contributed by atoms with Crippen LogP contribution in [-0.2, 0) is 6.54 Å². The van der Waals surface area contributed by atoms with Crippen LogP contribution in [0.4, 0.5) is 10.1 Å². The van der Waals surface area contributed by atoms with Crippen LogP contribution in [0.5, 0.6) is 0 Å². The van der Waals surface area contributed by atoms with Crippen LogP contribution in [0.2, 0.25) is 0 Å². The second kappa shape index (κ2) is 5.61. The first kappa shape index (κ1) is 12.5. The van der Waals surface area contributed by atoms with E-state index in [9.17, 15) is 4.39 Å². The quantitative estimate of drug-likeness (QED) is 0.944. The molecule has 0 aliphatic carbocycles. The van der Waals surface area contributed by atoms with Gasteiger partial charge in [-0.05, 0) is 40.2 Å². The van der Waals surface area contributed by atoms with Crippen LogP contribution in [0.1, 0.15) is 11.3 Å². The highest BCUT2D eigenvalue weighted by molar-refractivity contribution is 9.10. The van der Waals surface area contributed by atoms with Crippen LogP contribution in [-0.4, -0.2) is 4.98 Å². The lowest BCUT2D eigenvalue weighted by Gasteiger charge is -2.08.